The Hall–Kier alpha value is -4.23. The minimum Gasteiger partial charge on any atom is -0.490 e. The quantitative estimate of drug-likeness (QED) is 0.0917. The van der Waals surface area contributed by atoms with Gasteiger partial charge in [-0.25, -0.2) is 4.39 Å². The molecule has 0 bridgehead atoms. The second-order valence-electron chi connectivity index (χ2n) is 10.4. The molecule has 1 amide bonds. The second kappa shape index (κ2) is 15.9. The van der Waals surface area contributed by atoms with E-state index in [0.29, 0.717) is 35.3 Å². The number of rotatable bonds is 14. The van der Waals surface area contributed by atoms with Gasteiger partial charge in [-0.2, -0.15) is 18.2 Å². The Labute approximate surface area is 269 Å². The summed E-state index contributed by atoms with van der Waals surface area (Å²) in [6.45, 7) is 6.89. The molecule has 0 saturated carbocycles. The van der Waals surface area contributed by atoms with Gasteiger partial charge in [0.2, 0.25) is 11.7 Å². The molecule has 0 radical (unpaired) electrons. The van der Waals surface area contributed by atoms with E-state index < -0.39 is 17.3 Å². The fourth-order valence-corrected chi connectivity index (χ4v) is 5.55. The summed E-state index contributed by atoms with van der Waals surface area (Å²) in [7, 11) is 1.35. The smallest absolute Gasteiger partial charge is 0.416 e. The predicted octanol–water partition coefficient (Wildman–Crippen LogP) is 6.13. The number of hydrogen-bond donors (Lipinski definition) is 0. The molecule has 0 saturated heterocycles. The number of likely N-dealkylation sites (N-methyl/N-ethyl adjacent to an activating group) is 1. The van der Waals surface area contributed by atoms with Crippen molar-refractivity contribution in [2.45, 2.75) is 44.0 Å². The molecule has 2 heterocycles. The normalized spacial score (nSPS) is 11.6. The molecular formula is C33H35F4N5O3S. The first kappa shape index (κ1) is 34.6. The lowest BCUT2D eigenvalue weighted by atomic mass is 10.1. The van der Waals surface area contributed by atoms with Crippen molar-refractivity contribution in [1.82, 2.24) is 24.3 Å². The number of pyridine rings is 1. The summed E-state index contributed by atoms with van der Waals surface area (Å²) in [5.41, 5.74) is 1.31. The number of thioether (sulfide) groups is 1. The van der Waals surface area contributed by atoms with Gasteiger partial charge in [0, 0.05) is 37.1 Å². The molecule has 2 aromatic heterocycles. The lowest BCUT2D eigenvalue weighted by Gasteiger charge is -2.27. The van der Waals surface area contributed by atoms with Gasteiger partial charge in [0.05, 0.1) is 24.6 Å². The maximum atomic E-state index is 13.8. The van der Waals surface area contributed by atoms with E-state index in [2.05, 4.69) is 14.9 Å². The monoisotopic (exact) mass is 657 g/mol. The van der Waals surface area contributed by atoms with Crippen LogP contribution in [-0.4, -0.2) is 63.5 Å². The molecule has 46 heavy (non-hydrogen) atoms. The summed E-state index contributed by atoms with van der Waals surface area (Å²) in [5, 5.41) is 0.315. The third kappa shape index (κ3) is 9.39. The van der Waals surface area contributed by atoms with Crippen LogP contribution in [0.4, 0.5) is 17.6 Å². The summed E-state index contributed by atoms with van der Waals surface area (Å²) >= 11 is 1.25. The molecular weight excluding hydrogens is 622 g/mol. The number of methoxy groups -OCH3 is 1. The highest BCUT2D eigenvalue weighted by atomic mass is 32.2. The summed E-state index contributed by atoms with van der Waals surface area (Å²) < 4.78 is 59.0. The Bertz CT molecular complexity index is 1640. The number of alkyl halides is 3. The van der Waals surface area contributed by atoms with Crippen molar-refractivity contribution < 1.29 is 27.1 Å². The zero-order valence-corrected chi connectivity index (χ0v) is 26.6. The van der Waals surface area contributed by atoms with Gasteiger partial charge in [0.15, 0.2) is 5.16 Å². The van der Waals surface area contributed by atoms with E-state index in [-0.39, 0.29) is 30.6 Å². The Morgan fingerprint density at radius 3 is 2.22 bits per heavy atom. The number of ether oxygens (including phenoxy) is 1. The molecule has 4 aromatic rings. The second-order valence-corrected chi connectivity index (χ2v) is 11.4. The zero-order valence-electron chi connectivity index (χ0n) is 25.8. The Kier molecular flexibility index (Phi) is 11.9. The van der Waals surface area contributed by atoms with Gasteiger partial charge in [-0.1, -0.05) is 55.9 Å². The highest BCUT2D eigenvalue weighted by Gasteiger charge is 2.30. The minimum absolute atomic E-state index is 0.00308. The largest absolute Gasteiger partial charge is 0.490 e. The Balaban J connectivity index is 1.55. The van der Waals surface area contributed by atoms with Crippen LogP contribution < -0.4 is 10.3 Å². The van der Waals surface area contributed by atoms with Crippen molar-refractivity contribution in [3.8, 4) is 17.0 Å². The van der Waals surface area contributed by atoms with E-state index in [1.54, 1.807) is 39.9 Å². The zero-order chi connectivity index (χ0) is 33.3. The van der Waals surface area contributed by atoms with Gasteiger partial charge in [-0.05, 0) is 54.5 Å². The van der Waals surface area contributed by atoms with Crippen LogP contribution in [-0.2, 0) is 29.8 Å². The number of halogens is 4. The summed E-state index contributed by atoms with van der Waals surface area (Å²) in [5.74, 6) is -0.185. The Morgan fingerprint density at radius 2 is 1.63 bits per heavy atom. The molecule has 0 spiro atoms. The molecule has 0 unspecified atom stereocenters. The standard InChI is InChI=1S/C33H35F4N5O3S/c1-4-40(5-2)16-17-41(19-24-8-15-28(38-18-24)25-9-11-26(12-10-25)33(35,36)37)30(43)21-42-20-29(45-3)31(44)39-32(42)46-22-23-6-13-27(34)14-7-23/h6-15,18,20H,4-5,16-17,19,21-22H2,1-3H3. The molecule has 244 valence electrons. The van der Waals surface area contributed by atoms with Crippen LogP contribution in [0.2, 0.25) is 0 Å². The third-order valence-corrected chi connectivity index (χ3v) is 8.43. The minimum atomic E-state index is -4.42. The lowest BCUT2D eigenvalue weighted by molar-refractivity contribution is -0.137. The van der Waals surface area contributed by atoms with Crippen LogP contribution in [0.15, 0.2) is 83.0 Å². The number of carbonyl (C=O) groups is 1. The molecule has 2 aromatic carbocycles. The number of hydrogen-bond acceptors (Lipinski definition) is 7. The maximum Gasteiger partial charge on any atom is 0.416 e. The number of amides is 1. The van der Waals surface area contributed by atoms with Gasteiger partial charge in [0.1, 0.15) is 12.4 Å². The topological polar surface area (TPSA) is 80.6 Å². The summed E-state index contributed by atoms with van der Waals surface area (Å²) in [6.07, 6.45) is -1.35. The highest BCUT2D eigenvalue weighted by Crippen LogP contribution is 2.30. The molecule has 0 fully saturated rings. The van der Waals surface area contributed by atoms with E-state index in [1.807, 2.05) is 13.8 Å². The van der Waals surface area contributed by atoms with E-state index in [4.69, 9.17) is 4.74 Å². The van der Waals surface area contributed by atoms with Crippen LogP contribution in [0.5, 0.6) is 5.75 Å². The number of aromatic nitrogens is 3. The first-order chi connectivity index (χ1) is 22.0. The van der Waals surface area contributed by atoms with Crippen LogP contribution >= 0.6 is 11.8 Å². The lowest BCUT2D eigenvalue weighted by Crippen LogP contribution is -2.40. The molecule has 4 rings (SSSR count). The maximum absolute atomic E-state index is 13.8. The average molecular weight is 658 g/mol. The van der Waals surface area contributed by atoms with Gasteiger partial charge in [-0.3, -0.25) is 14.6 Å². The average Bonchev–Trinajstić information content (AvgIpc) is 3.05. The van der Waals surface area contributed by atoms with E-state index in [1.165, 1.54) is 49.3 Å². The van der Waals surface area contributed by atoms with Gasteiger partial charge < -0.3 is 19.1 Å². The van der Waals surface area contributed by atoms with E-state index >= 15 is 0 Å². The van der Waals surface area contributed by atoms with Crippen molar-refractivity contribution in [3.05, 3.63) is 106 Å². The fraction of sp³-hybridized carbons (Fsp3) is 0.333. The van der Waals surface area contributed by atoms with Crippen LogP contribution in [0.3, 0.4) is 0 Å². The van der Waals surface area contributed by atoms with E-state index in [0.717, 1.165) is 36.3 Å². The summed E-state index contributed by atoms with van der Waals surface area (Å²) in [4.78, 5) is 38.8. The number of nitrogens with zero attached hydrogens (tertiary/aromatic N) is 5. The van der Waals surface area contributed by atoms with Crippen molar-refractivity contribution >= 4 is 17.7 Å². The van der Waals surface area contributed by atoms with Crippen molar-refractivity contribution in [2.75, 3.05) is 33.3 Å². The van der Waals surface area contributed by atoms with Crippen molar-refractivity contribution in [2.24, 2.45) is 0 Å². The van der Waals surface area contributed by atoms with Gasteiger partial charge in [-0.15, -0.1) is 0 Å². The predicted molar refractivity (Wildman–Crippen MR) is 169 cm³/mol. The highest BCUT2D eigenvalue weighted by molar-refractivity contribution is 7.98. The van der Waals surface area contributed by atoms with Gasteiger partial charge in [0.25, 0.3) is 0 Å². The third-order valence-electron chi connectivity index (χ3n) is 7.37. The molecule has 8 nitrogen and oxygen atoms in total. The Morgan fingerprint density at radius 1 is 0.957 bits per heavy atom. The first-order valence-corrected chi connectivity index (χ1v) is 15.6. The fourth-order valence-electron chi connectivity index (χ4n) is 4.63. The molecule has 0 N–H and O–H groups in total. The van der Waals surface area contributed by atoms with Crippen LogP contribution in [0.25, 0.3) is 11.3 Å². The number of benzene rings is 2. The molecule has 0 aliphatic carbocycles. The van der Waals surface area contributed by atoms with Crippen molar-refractivity contribution in [1.29, 1.82) is 0 Å². The van der Waals surface area contributed by atoms with E-state index in [9.17, 15) is 27.2 Å². The molecule has 0 aliphatic rings. The van der Waals surface area contributed by atoms with Crippen molar-refractivity contribution in [3.63, 3.8) is 0 Å². The van der Waals surface area contributed by atoms with Gasteiger partial charge >= 0.3 is 11.7 Å². The summed E-state index contributed by atoms with van der Waals surface area (Å²) in [6, 6.07) is 14.3. The number of carbonyl (C=O) groups excluding carboxylic acids is 1. The molecule has 0 atom stereocenters. The van der Waals surface area contributed by atoms with Crippen LogP contribution in [0, 0.1) is 5.82 Å². The SMILES string of the molecule is CCN(CC)CCN(Cc1ccc(-c2ccc(C(F)(F)F)cc2)nc1)C(=O)Cn1cc(OC)c(=O)nc1SCc1ccc(F)cc1. The molecule has 13 heteroatoms. The van der Waals surface area contributed by atoms with Crippen LogP contribution in [0.1, 0.15) is 30.5 Å². The first-order valence-electron chi connectivity index (χ1n) is 14.7. The molecule has 0 aliphatic heterocycles.